The van der Waals surface area contributed by atoms with Gasteiger partial charge in [-0.2, -0.15) is 4.31 Å². The van der Waals surface area contributed by atoms with Crippen LogP contribution in [0.1, 0.15) is 35.7 Å². The molecular formula is C26H31N3O6S2. The monoisotopic (exact) mass is 545 g/mol. The van der Waals surface area contributed by atoms with Gasteiger partial charge < -0.3 is 18.8 Å². The lowest BCUT2D eigenvalue weighted by Crippen LogP contribution is -2.40. The van der Waals surface area contributed by atoms with Crippen molar-refractivity contribution in [3.63, 3.8) is 0 Å². The molecule has 2 aromatic carbocycles. The summed E-state index contributed by atoms with van der Waals surface area (Å²) in [7, 11) is -3.62. The highest BCUT2D eigenvalue weighted by Gasteiger charge is 2.28. The number of benzene rings is 2. The van der Waals surface area contributed by atoms with E-state index in [9.17, 15) is 13.2 Å². The molecule has 0 aliphatic carbocycles. The number of hydrogen-bond donors (Lipinski definition) is 0. The molecule has 37 heavy (non-hydrogen) atoms. The summed E-state index contributed by atoms with van der Waals surface area (Å²) >= 11 is 1.58. The van der Waals surface area contributed by atoms with Crippen LogP contribution in [0.3, 0.4) is 0 Å². The molecule has 0 spiro atoms. The van der Waals surface area contributed by atoms with Crippen molar-refractivity contribution in [2.75, 3.05) is 39.5 Å². The average molecular weight is 546 g/mol. The number of rotatable bonds is 9. The summed E-state index contributed by atoms with van der Waals surface area (Å²) in [5.41, 5.74) is 3.10. The zero-order valence-electron chi connectivity index (χ0n) is 20.8. The zero-order valence-corrected chi connectivity index (χ0v) is 22.4. The van der Waals surface area contributed by atoms with Crippen molar-refractivity contribution >= 4 is 38.8 Å². The number of sulfonamides is 1. The van der Waals surface area contributed by atoms with E-state index in [1.807, 2.05) is 18.2 Å². The van der Waals surface area contributed by atoms with Gasteiger partial charge in [-0.05, 0) is 55.7 Å². The van der Waals surface area contributed by atoms with Crippen molar-refractivity contribution < 1.29 is 27.4 Å². The molecule has 5 rings (SSSR count). The highest BCUT2D eigenvalue weighted by atomic mass is 32.2. The first-order chi connectivity index (χ1) is 18.0. The van der Waals surface area contributed by atoms with E-state index in [-0.39, 0.29) is 17.0 Å². The fourth-order valence-corrected chi connectivity index (χ4v) is 6.97. The number of carbonyl (C=O) groups is 1. The van der Waals surface area contributed by atoms with E-state index in [2.05, 4.69) is 4.57 Å². The minimum atomic E-state index is -3.62. The van der Waals surface area contributed by atoms with E-state index in [1.165, 1.54) is 4.31 Å². The Morgan fingerprint density at radius 3 is 2.62 bits per heavy atom. The van der Waals surface area contributed by atoms with Gasteiger partial charge in [-0.25, -0.2) is 18.2 Å². The number of morpholine rings is 1. The number of nitrogens with zero attached hydrogens (tertiary/aromatic N) is 3. The third-order valence-electron chi connectivity index (χ3n) is 6.54. The first kappa shape index (κ1) is 26.2. The Bertz CT molecular complexity index is 1340. The van der Waals surface area contributed by atoms with Crippen LogP contribution in [-0.2, 0) is 36.5 Å². The van der Waals surface area contributed by atoms with Crippen molar-refractivity contribution in [3.8, 4) is 0 Å². The van der Waals surface area contributed by atoms with Gasteiger partial charge >= 0.3 is 5.97 Å². The van der Waals surface area contributed by atoms with Crippen LogP contribution in [-0.4, -0.2) is 73.9 Å². The van der Waals surface area contributed by atoms with Gasteiger partial charge in [0.05, 0.1) is 54.0 Å². The fraction of sp³-hybridized carbons (Fsp3) is 0.462. The van der Waals surface area contributed by atoms with Crippen molar-refractivity contribution in [3.05, 3.63) is 53.6 Å². The molecule has 2 aliphatic rings. The quantitative estimate of drug-likeness (QED) is 0.296. The predicted octanol–water partition coefficient (Wildman–Crippen LogP) is 3.71. The van der Waals surface area contributed by atoms with Crippen molar-refractivity contribution in [1.82, 2.24) is 13.9 Å². The first-order valence-corrected chi connectivity index (χ1v) is 15.0. The molecule has 1 aromatic heterocycles. The molecule has 1 atom stereocenters. The van der Waals surface area contributed by atoms with E-state index in [4.69, 9.17) is 19.2 Å². The van der Waals surface area contributed by atoms with E-state index in [0.717, 1.165) is 35.7 Å². The minimum Gasteiger partial charge on any atom is -0.462 e. The Kier molecular flexibility index (Phi) is 8.15. The van der Waals surface area contributed by atoms with E-state index >= 15 is 0 Å². The molecular weight excluding hydrogens is 514 g/mol. The maximum absolute atomic E-state index is 13.2. The smallest absolute Gasteiger partial charge is 0.338 e. The van der Waals surface area contributed by atoms with Crippen molar-refractivity contribution in [2.24, 2.45) is 0 Å². The summed E-state index contributed by atoms with van der Waals surface area (Å²) in [4.78, 5) is 17.0. The van der Waals surface area contributed by atoms with Crippen LogP contribution in [0.25, 0.3) is 11.0 Å². The summed E-state index contributed by atoms with van der Waals surface area (Å²) < 4.78 is 46.3. The Morgan fingerprint density at radius 2 is 1.92 bits per heavy atom. The molecule has 0 radical (unpaired) electrons. The lowest BCUT2D eigenvalue weighted by Gasteiger charge is -2.26. The van der Waals surface area contributed by atoms with Gasteiger partial charge in [-0.1, -0.05) is 23.9 Å². The summed E-state index contributed by atoms with van der Waals surface area (Å²) in [6.45, 7) is 5.05. The highest BCUT2D eigenvalue weighted by Crippen LogP contribution is 2.31. The molecule has 1 unspecified atom stereocenters. The lowest BCUT2D eigenvalue weighted by atomic mass is 10.1. The number of hydrogen-bond acceptors (Lipinski definition) is 8. The molecule has 0 N–H and O–H groups in total. The number of thioether (sulfide) groups is 1. The molecule has 3 aromatic rings. The molecule has 3 heterocycles. The molecule has 11 heteroatoms. The maximum Gasteiger partial charge on any atom is 0.338 e. The third kappa shape index (κ3) is 5.85. The van der Waals surface area contributed by atoms with Gasteiger partial charge in [0.2, 0.25) is 10.0 Å². The molecule has 9 nitrogen and oxygen atoms in total. The third-order valence-corrected chi connectivity index (χ3v) is 9.48. The largest absolute Gasteiger partial charge is 0.462 e. The van der Waals surface area contributed by atoms with Gasteiger partial charge in [0, 0.05) is 25.4 Å². The lowest BCUT2D eigenvalue weighted by molar-refractivity contribution is 0.0526. The number of esters is 1. The van der Waals surface area contributed by atoms with Crippen LogP contribution < -0.4 is 0 Å². The number of carbonyl (C=O) groups excluding carboxylic acids is 1. The Labute approximate surface area is 221 Å². The van der Waals surface area contributed by atoms with E-state index in [1.54, 1.807) is 43.0 Å². The fourth-order valence-electron chi connectivity index (χ4n) is 4.56. The summed E-state index contributed by atoms with van der Waals surface area (Å²) in [6.07, 6.45) is 2.13. The molecule has 2 aliphatic heterocycles. The number of imidazole rings is 1. The second-order valence-electron chi connectivity index (χ2n) is 9.01. The highest BCUT2D eigenvalue weighted by molar-refractivity contribution is 7.98. The minimum absolute atomic E-state index is 0.109. The second-order valence-corrected chi connectivity index (χ2v) is 11.9. The standard InChI is InChI=1S/C26H31N3O6S2/c1-2-34-25(30)20-7-5-19(6-8-20)18-36-26-27-23-16-22(37(31,32)28-11-14-33-15-12-28)9-10-24(23)29(26)17-21-4-3-13-35-21/h5-10,16,21H,2-4,11-15,17-18H2,1H3. The van der Waals surface area contributed by atoms with Crippen LogP contribution in [0.2, 0.25) is 0 Å². The SMILES string of the molecule is CCOC(=O)c1ccc(CSc2nc3cc(S(=O)(=O)N4CCOCC4)ccc3n2CC2CCCO2)cc1. The Hall–Kier alpha value is -2.44. The Morgan fingerprint density at radius 1 is 1.14 bits per heavy atom. The van der Waals surface area contributed by atoms with Gasteiger partial charge in [-0.15, -0.1) is 0 Å². The van der Waals surface area contributed by atoms with E-state index in [0.29, 0.717) is 56.3 Å². The average Bonchev–Trinajstić information content (AvgIpc) is 3.56. The van der Waals surface area contributed by atoms with Crippen molar-refractivity contribution in [1.29, 1.82) is 0 Å². The zero-order chi connectivity index (χ0) is 25.8. The van der Waals surface area contributed by atoms with Gasteiger partial charge in [0.15, 0.2) is 5.16 Å². The molecule has 0 amide bonds. The molecule has 0 saturated carbocycles. The first-order valence-electron chi connectivity index (χ1n) is 12.5. The summed E-state index contributed by atoms with van der Waals surface area (Å²) in [6, 6.07) is 12.6. The Balaban J connectivity index is 1.40. The molecule has 198 valence electrons. The number of aromatic nitrogens is 2. The topological polar surface area (TPSA) is 100.0 Å². The normalized spacial score (nSPS) is 18.9. The molecule has 0 bridgehead atoms. The second kappa shape index (κ2) is 11.5. The van der Waals surface area contributed by atoms with E-state index < -0.39 is 10.0 Å². The molecule has 2 saturated heterocycles. The van der Waals surface area contributed by atoms with Gasteiger partial charge in [0.1, 0.15) is 0 Å². The van der Waals surface area contributed by atoms with Crippen LogP contribution >= 0.6 is 11.8 Å². The number of fused-ring (bicyclic) bond motifs is 1. The van der Waals surface area contributed by atoms with Gasteiger partial charge in [-0.3, -0.25) is 0 Å². The summed E-state index contributed by atoms with van der Waals surface area (Å²) in [5.74, 6) is 0.319. The van der Waals surface area contributed by atoms with Crippen LogP contribution in [0.15, 0.2) is 52.5 Å². The van der Waals surface area contributed by atoms with Crippen molar-refractivity contribution in [2.45, 2.75) is 48.2 Å². The molecule has 2 fully saturated rings. The van der Waals surface area contributed by atoms with Gasteiger partial charge in [0.25, 0.3) is 0 Å². The van der Waals surface area contributed by atoms with Crippen LogP contribution in [0.4, 0.5) is 0 Å². The summed E-state index contributed by atoms with van der Waals surface area (Å²) in [5, 5.41) is 0.806. The van der Waals surface area contributed by atoms with Crippen LogP contribution in [0.5, 0.6) is 0 Å². The van der Waals surface area contributed by atoms with Crippen LogP contribution in [0, 0.1) is 0 Å². The predicted molar refractivity (Wildman–Crippen MR) is 140 cm³/mol. The number of ether oxygens (including phenoxy) is 3. The maximum atomic E-state index is 13.2.